The van der Waals surface area contributed by atoms with Gasteiger partial charge in [-0.1, -0.05) is 36.4 Å². The van der Waals surface area contributed by atoms with Crippen molar-refractivity contribution in [1.82, 2.24) is 25.5 Å². The summed E-state index contributed by atoms with van der Waals surface area (Å²) in [4.78, 5) is 11.6. The predicted molar refractivity (Wildman–Crippen MR) is 107 cm³/mol. The van der Waals surface area contributed by atoms with E-state index in [0.717, 1.165) is 42.2 Å². The summed E-state index contributed by atoms with van der Waals surface area (Å²) in [5.41, 5.74) is 3.82. The lowest BCUT2D eigenvalue weighted by Gasteiger charge is -2.35. The number of benzene rings is 1. The number of nitrogens with one attached hydrogen (secondary N) is 2. The summed E-state index contributed by atoms with van der Waals surface area (Å²) in [6.45, 7) is 2.76. The minimum Gasteiger partial charge on any atom is -0.353 e. The molecule has 1 saturated heterocycles. The molecular formula is C21H20N6. The molecule has 2 N–H and O–H groups in total. The lowest BCUT2D eigenvalue weighted by Crippen LogP contribution is -2.46. The number of rotatable bonds is 3. The fourth-order valence-electron chi connectivity index (χ4n) is 3.65. The van der Waals surface area contributed by atoms with Gasteiger partial charge in [-0.15, -0.1) is 0 Å². The Kier molecular flexibility index (Phi) is 4.03. The maximum atomic E-state index is 4.92. The average molecular weight is 356 g/mol. The number of anilines is 1. The largest absolute Gasteiger partial charge is 0.353 e. The van der Waals surface area contributed by atoms with Crippen LogP contribution in [0.2, 0.25) is 0 Å². The number of aromatic amines is 1. The van der Waals surface area contributed by atoms with Crippen molar-refractivity contribution in [2.24, 2.45) is 0 Å². The van der Waals surface area contributed by atoms with E-state index in [2.05, 4.69) is 67.9 Å². The molecule has 1 fully saturated rings. The second-order valence-electron chi connectivity index (χ2n) is 6.72. The highest BCUT2D eigenvalue weighted by molar-refractivity contribution is 5.89. The van der Waals surface area contributed by atoms with Gasteiger partial charge >= 0.3 is 0 Å². The molecule has 1 aliphatic heterocycles. The van der Waals surface area contributed by atoms with Gasteiger partial charge in [-0.05, 0) is 29.8 Å². The second-order valence-corrected chi connectivity index (χ2v) is 6.72. The molecule has 0 bridgehead atoms. The van der Waals surface area contributed by atoms with Gasteiger partial charge in [-0.2, -0.15) is 5.10 Å². The SMILES string of the molecule is c1ccc(C2CN(c3cccc(-c4[nH]nc5ncccc45)n3)CCN2)cc1. The third-order valence-electron chi connectivity index (χ3n) is 5.02. The molecule has 0 radical (unpaired) electrons. The van der Waals surface area contributed by atoms with Crippen LogP contribution in [0.3, 0.4) is 0 Å². The van der Waals surface area contributed by atoms with Crippen molar-refractivity contribution in [3.63, 3.8) is 0 Å². The molecule has 27 heavy (non-hydrogen) atoms. The summed E-state index contributed by atoms with van der Waals surface area (Å²) >= 11 is 0. The molecule has 5 rings (SSSR count). The molecule has 4 aromatic rings. The fraction of sp³-hybridized carbons (Fsp3) is 0.190. The van der Waals surface area contributed by atoms with Crippen LogP contribution in [0.1, 0.15) is 11.6 Å². The molecular weight excluding hydrogens is 336 g/mol. The molecule has 1 aliphatic rings. The van der Waals surface area contributed by atoms with Crippen molar-refractivity contribution < 1.29 is 0 Å². The number of hydrogen-bond donors (Lipinski definition) is 2. The summed E-state index contributed by atoms with van der Waals surface area (Å²) in [5, 5.41) is 12.0. The number of piperazine rings is 1. The van der Waals surface area contributed by atoms with Gasteiger partial charge in [0.05, 0.1) is 11.4 Å². The van der Waals surface area contributed by atoms with Crippen LogP contribution in [0.5, 0.6) is 0 Å². The summed E-state index contributed by atoms with van der Waals surface area (Å²) < 4.78 is 0. The average Bonchev–Trinajstić information content (AvgIpc) is 3.19. The van der Waals surface area contributed by atoms with Crippen LogP contribution in [0, 0.1) is 0 Å². The van der Waals surface area contributed by atoms with Crippen LogP contribution in [-0.2, 0) is 0 Å². The van der Waals surface area contributed by atoms with Crippen LogP contribution >= 0.6 is 0 Å². The number of fused-ring (bicyclic) bond motifs is 1. The second kappa shape index (κ2) is 6.81. The maximum Gasteiger partial charge on any atom is 0.181 e. The summed E-state index contributed by atoms with van der Waals surface area (Å²) in [5.74, 6) is 0.988. The van der Waals surface area contributed by atoms with E-state index >= 15 is 0 Å². The highest BCUT2D eigenvalue weighted by Crippen LogP contribution is 2.27. The zero-order chi connectivity index (χ0) is 18.1. The van der Waals surface area contributed by atoms with E-state index in [9.17, 15) is 0 Å². The topological polar surface area (TPSA) is 69.7 Å². The molecule has 4 heterocycles. The van der Waals surface area contributed by atoms with E-state index in [1.165, 1.54) is 5.56 Å². The Morgan fingerprint density at radius 3 is 2.81 bits per heavy atom. The van der Waals surface area contributed by atoms with Gasteiger partial charge in [0.25, 0.3) is 0 Å². The van der Waals surface area contributed by atoms with Crippen molar-refractivity contribution in [3.05, 3.63) is 72.4 Å². The van der Waals surface area contributed by atoms with Gasteiger partial charge in [0.2, 0.25) is 0 Å². The van der Waals surface area contributed by atoms with E-state index in [-0.39, 0.29) is 0 Å². The molecule has 0 spiro atoms. The first-order valence-electron chi connectivity index (χ1n) is 9.18. The molecule has 1 aromatic carbocycles. The van der Waals surface area contributed by atoms with E-state index < -0.39 is 0 Å². The lowest BCUT2D eigenvalue weighted by atomic mass is 10.0. The molecule has 3 aromatic heterocycles. The Morgan fingerprint density at radius 1 is 0.963 bits per heavy atom. The maximum absolute atomic E-state index is 4.92. The summed E-state index contributed by atoms with van der Waals surface area (Å²) in [6.07, 6.45) is 1.75. The predicted octanol–water partition coefficient (Wildman–Crippen LogP) is 3.17. The van der Waals surface area contributed by atoms with E-state index in [1.54, 1.807) is 6.20 Å². The Morgan fingerprint density at radius 2 is 1.89 bits per heavy atom. The quantitative estimate of drug-likeness (QED) is 0.590. The Hall–Kier alpha value is -3.25. The van der Waals surface area contributed by atoms with Gasteiger partial charge in [0, 0.05) is 37.3 Å². The number of H-pyrrole nitrogens is 1. The highest BCUT2D eigenvalue weighted by Gasteiger charge is 2.22. The molecule has 6 heteroatoms. The minimum atomic E-state index is 0.308. The molecule has 0 amide bonds. The normalized spacial score (nSPS) is 17.3. The van der Waals surface area contributed by atoms with Crippen molar-refractivity contribution in [3.8, 4) is 11.4 Å². The van der Waals surface area contributed by atoms with Gasteiger partial charge in [-0.3, -0.25) is 5.10 Å². The first kappa shape index (κ1) is 16.0. The van der Waals surface area contributed by atoms with Crippen molar-refractivity contribution in [2.75, 3.05) is 24.5 Å². The standard InChI is InChI=1S/C21H20N6/c1-2-6-15(7-3-1)18-14-27(13-12-22-18)19-10-4-9-17(24-19)20-16-8-5-11-23-21(16)26-25-20/h1-11,18,22H,12-14H2,(H,23,25,26). The number of aromatic nitrogens is 4. The van der Waals surface area contributed by atoms with Crippen LogP contribution in [-0.4, -0.2) is 39.8 Å². The molecule has 0 aliphatic carbocycles. The van der Waals surface area contributed by atoms with Crippen LogP contribution < -0.4 is 10.2 Å². The molecule has 6 nitrogen and oxygen atoms in total. The molecule has 1 atom stereocenters. The molecule has 0 saturated carbocycles. The van der Waals surface area contributed by atoms with Gasteiger partial charge in [-0.25, -0.2) is 9.97 Å². The number of pyridine rings is 2. The monoisotopic (exact) mass is 356 g/mol. The first-order valence-corrected chi connectivity index (χ1v) is 9.18. The van der Waals surface area contributed by atoms with Crippen LogP contribution in [0.15, 0.2) is 66.9 Å². The van der Waals surface area contributed by atoms with Crippen molar-refractivity contribution >= 4 is 16.9 Å². The van der Waals surface area contributed by atoms with E-state index in [1.807, 2.05) is 18.2 Å². The molecule has 134 valence electrons. The smallest absolute Gasteiger partial charge is 0.181 e. The van der Waals surface area contributed by atoms with E-state index in [4.69, 9.17) is 4.98 Å². The third-order valence-corrected chi connectivity index (χ3v) is 5.02. The first-order chi connectivity index (χ1) is 13.4. The van der Waals surface area contributed by atoms with Crippen molar-refractivity contribution in [1.29, 1.82) is 0 Å². The van der Waals surface area contributed by atoms with Gasteiger partial charge in [0.1, 0.15) is 5.82 Å². The minimum absolute atomic E-state index is 0.308. The Labute approximate surface area is 157 Å². The Bertz CT molecular complexity index is 1060. The Balaban J connectivity index is 1.45. The zero-order valence-corrected chi connectivity index (χ0v) is 14.8. The van der Waals surface area contributed by atoms with Crippen molar-refractivity contribution in [2.45, 2.75) is 6.04 Å². The number of hydrogen-bond acceptors (Lipinski definition) is 5. The van der Waals surface area contributed by atoms with E-state index in [0.29, 0.717) is 11.7 Å². The van der Waals surface area contributed by atoms with Crippen LogP contribution in [0.25, 0.3) is 22.4 Å². The lowest BCUT2D eigenvalue weighted by molar-refractivity contribution is 0.470. The number of nitrogens with zero attached hydrogens (tertiary/aromatic N) is 4. The molecule has 1 unspecified atom stereocenters. The summed E-state index contributed by atoms with van der Waals surface area (Å²) in [6, 6.07) is 21.0. The van der Waals surface area contributed by atoms with Crippen LogP contribution in [0.4, 0.5) is 5.82 Å². The highest BCUT2D eigenvalue weighted by atomic mass is 15.2. The third kappa shape index (κ3) is 3.04. The van der Waals surface area contributed by atoms with Gasteiger partial charge in [0.15, 0.2) is 5.65 Å². The van der Waals surface area contributed by atoms with Gasteiger partial charge < -0.3 is 10.2 Å². The summed E-state index contributed by atoms with van der Waals surface area (Å²) in [7, 11) is 0. The fourth-order valence-corrected chi connectivity index (χ4v) is 3.65. The zero-order valence-electron chi connectivity index (χ0n) is 14.8.